The Morgan fingerprint density at radius 2 is 1.86 bits per heavy atom. The van der Waals surface area contributed by atoms with Crippen molar-refractivity contribution in [3.05, 3.63) is 76.2 Å². The van der Waals surface area contributed by atoms with Crippen LogP contribution in [0, 0.1) is 6.92 Å². The maximum absolute atomic E-state index is 12.7. The molecule has 0 aliphatic heterocycles. The van der Waals surface area contributed by atoms with Crippen LogP contribution in [-0.4, -0.2) is 29.0 Å². The van der Waals surface area contributed by atoms with E-state index in [4.69, 9.17) is 9.47 Å². The van der Waals surface area contributed by atoms with E-state index < -0.39 is 0 Å². The van der Waals surface area contributed by atoms with Crippen molar-refractivity contribution in [3.8, 4) is 17.2 Å². The zero-order chi connectivity index (χ0) is 20.4. The number of hydrogen-bond donors (Lipinski definition) is 2. The number of rotatable bonds is 6. The molecule has 7 nitrogen and oxygen atoms in total. The predicted molar refractivity (Wildman–Crippen MR) is 113 cm³/mol. The molecule has 0 unspecified atom stereocenters. The van der Waals surface area contributed by atoms with E-state index in [1.165, 1.54) is 0 Å². The van der Waals surface area contributed by atoms with Gasteiger partial charge in [-0.25, -0.2) is 4.68 Å². The summed E-state index contributed by atoms with van der Waals surface area (Å²) in [6.45, 7) is 2.29. The van der Waals surface area contributed by atoms with E-state index in [-0.39, 0.29) is 5.56 Å². The van der Waals surface area contributed by atoms with Gasteiger partial charge in [0.05, 0.1) is 31.3 Å². The lowest BCUT2D eigenvalue weighted by Crippen LogP contribution is -2.16. The zero-order valence-corrected chi connectivity index (χ0v) is 16.5. The van der Waals surface area contributed by atoms with Crippen LogP contribution < -0.4 is 20.3 Å². The van der Waals surface area contributed by atoms with Crippen molar-refractivity contribution in [1.82, 2.24) is 14.8 Å². The van der Waals surface area contributed by atoms with Crippen LogP contribution in [0.15, 0.2) is 59.4 Å². The molecule has 4 aromatic rings. The summed E-state index contributed by atoms with van der Waals surface area (Å²) in [5.74, 6) is 1.35. The predicted octanol–water partition coefficient (Wildman–Crippen LogP) is 3.65. The Kier molecular flexibility index (Phi) is 4.95. The number of nitrogens with zero attached hydrogens (tertiary/aromatic N) is 2. The van der Waals surface area contributed by atoms with Crippen LogP contribution in [0.3, 0.4) is 0 Å². The summed E-state index contributed by atoms with van der Waals surface area (Å²) in [5, 5.41) is 8.78. The molecule has 0 saturated carbocycles. The van der Waals surface area contributed by atoms with Gasteiger partial charge >= 0.3 is 0 Å². The Bertz CT molecular complexity index is 1210. The molecule has 0 bridgehead atoms. The van der Waals surface area contributed by atoms with E-state index in [0.29, 0.717) is 29.3 Å². The molecule has 0 radical (unpaired) electrons. The molecule has 2 aromatic carbocycles. The first-order valence-corrected chi connectivity index (χ1v) is 9.23. The summed E-state index contributed by atoms with van der Waals surface area (Å²) in [4.78, 5) is 15.7. The Balaban J connectivity index is 1.67. The molecule has 2 heterocycles. The van der Waals surface area contributed by atoms with Gasteiger partial charge in [-0.2, -0.15) is 5.10 Å². The average molecular weight is 390 g/mol. The standard InChI is InChI=1S/C22H22N4O3/c1-14-18-11-15(13-23-19-10-9-17(28-2)12-20(19)29-3)22(27)24-21(18)26(25-14)16-7-5-4-6-8-16/h4-12,23H,13H2,1-3H3,(H,24,27). The van der Waals surface area contributed by atoms with Gasteiger partial charge in [0.15, 0.2) is 0 Å². The number of aromatic amines is 1. The molecule has 0 aliphatic carbocycles. The molecule has 29 heavy (non-hydrogen) atoms. The quantitative estimate of drug-likeness (QED) is 0.525. The van der Waals surface area contributed by atoms with Crippen LogP contribution in [-0.2, 0) is 6.54 Å². The lowest BCUT2D eigenvalue weighted by Gasteiger charge is -2.12. The molecule has 7 heteroatoms. The number of hydrogen-bond acceptors (Lipinski definition) is 5. The van der Waals surface area contributed by atoms with Crippen molar-refractivity contribution in [3.63, 3.8) is 0 Å². The van der Waals surface area contributed by atoms with Crippen molar-refractivity contribution in [1.29, 1.82) is 0 Å². The second-order valence-corrected chi connectivity index (χ2v) is 6.64. The van der Waals surface area contributed by atoms with E-state index in [1.807, 2.05) is 55.5 Å². The third-order valence-corrected chi connectivity index (χ3v) is 4.83. The second-order valence-electron chi connectivity index (χ2n) is 6.64. The van der Waals surface area contributed by atoms with Gasteiger partial charge in [0, 0.05) is 23.6 Å². The first-order valence-electron chi connectivity index (χ1n) is 9.23. The van der Waals surface area contributed by atoms with E-state index in [9.17, 15) is 4.79 Å². The summed E-state index contributed by atoms with van der Waals surface area (Å²) in [6.07, 6.45) is 0. The Hall–Kier alpha value is -3.74. The van der Waals surface area contributed by atoms with Gasteiger partial charge in [-0.1, -0.05) is 18.2 Å². The van der Waals surface area contributed by atoms with Crippen molar-refractivity contribution < 1.29 is 9.47 Å². The number of ether oxygens (including phenoxy) is 2. The normalized spacial score (nSPS) is 10.9. The van der Waals surface area contributed by atoms with Crippen LogP contribution >= 0.6 is 0 Å². The minimum Gasteiger partial charge on any atom is -0.497 e. The van der Waals surface area contributed by atoms with Crippen LogP contribution in [0.5, 0.6) is 11.5 Å². The minimum atomic E-state index is -0.158. The fourth-order valence-electron chi connectivity index (χ4n) is 3.28. The van der Waals surface area contributed by atoms with Crippen molar-refractivity contribution in [2.45, 2.75) is 13.5 Å². The number of aromatic nitrogens is 3. The van der Waals surface area contributed by atoms with Crippen LogP contribution in [0.4, 0.5) is 5.69 Å². The topological polar surface area (TPSA) is 81.2 Å². The smallest absolute Gasteiger partial charge is 0.254 e. The summed E-state index contributed by atoms with van der Waals surface area (Å²) >= 11 is 0. The number of pyridine rings is 1. The molecule has 2 N–H and O–H groups in total. The molecule has 0 aliphatic rings. The Morgan fingerprint density at radius 3 is 2.59 bits per heavy atom. The van der Waals surface area contributed by atoms with Gasteiger partial charge in [0.25, 0.3) is 5.56 Å². The first-order chi connectivity index (χ1) is 14.1. The number of nitrogens with one attached hydrogen (secondary N) is 2. The van der Waals surface area contributed by atoms with Gasteiger partial charge in [-0.15, -0.1) is 0 Å². The molecule has 0 atom stereocenters. The highest BCUT2D eigenvalue weighted by atomic mass is 16.5. The van der Waals surface area contributed by atoms with Crippen LogP contribution in [0.1, 0.15) is 11.3 Å². The minimum absolute atomic E-state index is 0.158. The van der Waals surface area contributed by atoms with Crippen LogP contribution in [0.2, 0.25) is 0 Å². The number of benzene rings is 2. The number of para-hydroxylation sites is 1. The lowest BCUT2D eigenvalue weighted by atomic mass is 10.2. The van der Waals surface area contributed by atoms with Crippen molar-refractivity contribution in [2.75, 3.05) is 19.5 Å². The molecular formula is C22H22N4O3. The Labute approximate surface area is 167 Å². The number of H-pyrrole nitrogens is 1. The molecule has 0 spiro atoms. The summed E-state index contributed by atoms with van der Waals surface area (Å²) in [7, 11) is 3.20. The number of methoxy groups -OCH3 is 2. The summed E-state index contributed by atoms with van der Waals surface area (Å²) in [5.41, 5.74) is 3.67. The number of aryl methyl sites for hydroxylation is 1. The molecule has 0 amide bonds. The monoisotopic (exact) mass is 390 g/mol. The maximum Gasteiger partial charge on any atom is 0.254 e. The van der Waals surface area contributed by atoms with Crippen LogP contribution in [0.25, 0.3) is 16.7 Å². The summed E-state index contributed by atoms with van der Waals surface area (Å²) in [6, 6.07) is 17.1. The van der Waals surface area contributed by atoms with E-state index in [2.05, 4.69) is 15.4 Å². The van der Waals surface area contributed by atoms with E-state index in [1.54, 1.807) is 25.0 Å². The number of anilines is 1. The van der Waals surface area contributed by atoms with E-state index >= 15 is 0 Å². The summed E-state index contributed by atoms with van der Waals surface area (Å²) < 4.78 is 12.4. The molecule has 2 aromatic heterocycles. The molecule has 0 saturated heterocycles. The highest BCUT2D eigenvalue weighted by Gasteiger charge is 2.13. The fraction of sp³-hybridized carbons (Fsp3) is 0.182. The van der Waals surface area contributed by atoms with Gasteiger partial charge in [0.2, 0.25) is 0 Å². The first kappa shape index (κ1) is 18.6. The largest absolute Gasteiger partial charge is 0.497 e. The third kappa shape index (κ3) is 3.54. The zero-order valence-electron chi connectivity index (χ0n) is 16.5. The lowest BCUT2D eigenvalue weighted by molar-refractivity contribution is 0.395. The highest BCUT2D eigenvalue weighted by molar-refractivity contribution is 5.80. The van der Waals surface area contributed by atoms with Gasteiger partial charge in [-0.05, 0) is 37.3 Å². The van der Waals surface area contributed by atoms with Crippen molar-refractivity contribution >= 4 is 16.7 Å². The number of fused-ring (bicyclic) bond motifs is 1. The molecule has 4 rings (SSSR count). The maximum atomic E-state index is 12.7. The SMILES string of the molecule is COc1ccc(NCc2cc3c(C)nn(-c4ccccc4)c3[nH]c2=O)c(OC)c1. The van der Waals surface area contributed by atoms with Gasteiger partial charge in [0.1, 0.15) is 17.1 Å². The van der Waals surface area contributed by atoms with Gasteiger partial charge < -0.3 is 19.8 Å². The molecular weight excluding hydrogens is 368 g/mol. The van der Waals surface area contributed by atoms with Gasteiger partial charge in [-0.3, -0.25) is 4.79 Å². The third-order valence-electron chi connectivity index (χ3n) is 4.83. The molecule has 0 fully saturated rings. The second kappa shape index (κ2) is 7.71. The highest BCUT2D eigenvalue weighted by Crippen LogP contribution is 2.29. The van der Waals surface area contributed by atoms with E-state index in [0.717, 1.165) is 22.5 Å². The Morgan fingerprint density at radius 1 is 1.07 bits per heavy atom. The molecule has 148 valence electrons. The average Bonchev–Trinajstić information content (AvgIpc) is 3.07. The van der Waals surface area contributed by atoms with Crippen molar-refractivity contribution in [2.24, 2.45) is 0 Å². The fourth-order valence-corrected chi connectivity index (χ4v) is 3.28.